The van der Waals surface area contributed by atoms with Crippen molar-refractivity contribution in [3.63, 3.8) is 0 Å². The van der Waals surface area contributed by atoms with Gasteiger partial charge < -0.3 is 10.5 Å². The zero-order chi connectivity index (χ0) is 12.3. The summed E-state index contributed by atoms with van der Waals surface area (Å²) in [5.41, 5.74) is 7.79. The van der Waals surface area contributed by atoms with E-state index in [1.165, 1.54) is 0 Å². The lowest BCUT2D eigenvalue weighted by Gasteiger charge is -2.14. The molecule has 0 spiro atoms. The molecular formula is C12H20ClNO2S. The molecule has 0 aliphatic rings. The molecule has 2 atom stereocenters. The van der Waals surface area contributed by atoms with Gasteiger partial charge >= 0.3 is 0 Å². The summed E-state index contributed by atoms with van der Waals surface area (Å²) in [6.45, 7) is 3.89. The van der Waals surface area contributed by atoms with Crippen molar-refractivity contribution in [1.82, 2.24) is 0 Å². The predicted octanol–water partition coefficient (Wildman–Crippen LogP) is 2.05. The van der Waals surface area contributed by atoms with Crippen LogP contribution in [0.5, 0.6) is 5.75 Å². The Morgan fingerprint density at radius 1 is 1.47 bits per heavy atom. The first-order valence-electron chi connectivity index (χ1n) is 5.22. The molecule has 0 radical (unpaired) electrons. The normalized spacial score (nSPS) is 13.7. The lowest BCUT2D eigenvalue weighted by Crippen LogP contribution is -2.18. The predicted molar refractivity (Wildman–Crippen MR) is 74.7 cm³/mol. The van der Waals surface area contributed by atoms with Crippen molar-refractivity contribution >= 4 is 23.2 Å². The highest BCUT2D eigenvalue weighted by atomic mass is 35.5. The van der Waals surface area contributed by atoms with Gasteiger partial charge in [-0.25, -0.2) is 0 Å². The third-order valence-electron chi connectivity index (χ3n) is 2.43. The molecular weight excluding hydrogens is 258 g/mol. The van der Waals surface area contributed by atoms with E-state index < -0.39 is 10.8 Å². The van der Waals surface area contributed by atoms with Gasteiger partial charge in [0.25, 0.3) is 0 Å². The molecule has 1 rings (SSSR count). The Balaban J connectivity index is 0.00000256. The van der Waals surface area contributed by atoms with Gasteiger partial charge in [-0.3, -0.25) is 4.21 Å². The number of benzene rings is 1. The Morgan fingerprint density at radius 2 is 2.06 bits per heavy atom. The molecule has 2 N–H and O–H groups in total. The molecule has 98 valence electrons. The average Bonchev–Trinajstić information content (AvgIpc) is 2.18. The zero-order valence-electron chi connectivity index (χ0n) is 10.6. The topological polar surface area (TPSA) is 52.3 Å². The van der Waals surface area contributed by atoms with Gasteiger partial charge in [-0.15, -0.1) is 12.4 Å². The molecule has 2 unspecified atom stereocenters. The summed E-state index contributed by atoms with van der Waals surface area (Å²) in [5, 5.41) is 0. The quantitative estimate of drug-likeness (QED) is 0.916. The van der Waals surface area contributed by atoms with Crippen LogP contribution in [0.3, 0.4) is 0 Å². The molecule has 3 nitrogen and oxygen atoms in total. The largest absolute Gasteiger partial charge is 0.496 e. The Hall–Kier alpha value is -0.580. The molecule has 0 fully saturated rings. The van der Waals surface area contributed by atoms with Crippen molar-refractivity contribution in [3.8, 4) is 5.75 Å². The molecule has 1 aromatic rings. The van der Waals surface area contributed by atoms with Gasteiger partial charge in [0.2, 0.25) is 0 Å². The summed E-state index contributed by atoms with van der Waals surface area (Å²) < 4.78 is 16.9. The first-order valence-corrected chi connectivity index (χ1v) is 6.78. The van der Waals surface area contributed by atoms with Gasteiger partial charge in [-0.1, -0.05) is 0 Å². The highest BCUT2D eigenvalue weighted by molar-refractivity contribution is 7.84. The van der Waals surface area contributed by atoms with Gasteiger partial charge in [0.15, 0.2) is 0 Å². The van der Waals surface area contributed by atoms with E-state index in [0.29, 0.717) is 0 Å². The average molecular weight is 278 g/mol. The molecule has 0 saturated heterocycles. The van der Waals surface area contributed by atoms with Crippen LogP contribution in [0.25, 0.3) is 0 Å². The lowest BCUT2D eigenvalue weighted by molar-refractivity contribution is 0.407. The fraction of sp³-hybridized carbons (Fsp3) is 0.500. The number of hydrogen-bond acceptors (Lipinski definition) is 3. The molecule has 0 aliphatic heterocycles. The number of methoxy groups -OCH3 is 1. The van der Waals surface area contributed by atoms with E-state index in [9.17, 15) is 4.21 Å². The van der Waals surface area contributed by atoms with Gasteiger partial charge in [-0.05, 0) is 43.5 Å². The standard InChI is InChI=1S/C12H19NO2S.ClH/c1-8-5-11(15-3)10(6-9(2)13)7-12(8)16(4)14;/h5,7,9H,6,13H2,1-4H3;1H. The van der Waals surface area contributed by atoms with Crippen molar-refractivity contribution in [2.75, 3.05) is 13.4 Å². The SMILES string of the molecule is COc1cc(C)c(S(C)=O)cc1CC(C)N.Cl. The number of halogens is 1. The van der Waals surface area contributed by atoms with Gasteiger partial charge in [0.1, 0.15) is 5.75 Å². The van der Waals surface area contributed by atoms with E-state index in [1.54, 1.807) is 13.4 Å². The summed E-state index contributed by atoms with van der Waals surface area (Å²) in [5.74, 6) is 0.823. The minimum absolute atomic E-state index is 0. The van der Waals surface area contributed by atoms with Crippen molar-refractivity contribution in [2.45, 2.75) is 31.2 Å². The van der Waals surface area contributed by atoms with Crippen molar-refractivity contribution in [2.24, 2.45) is 5.73 Å². The van der Waals surface area contributed by atoms with Crippen LogP contribution >= 0.6 is 12.4 Å². The summed E-state index contributed by atoms with van der Waals surface area (Å²) in [6, 6.07) is 3.93. The Kier molecular flexibility index (Phi) is 6.75. The monoisotopic (exact) mass is 277 g/mol. The second-order valence-electron chi connectivity index (χ2n) is 4.07. The van der Waals surface area contributed by atoms with Gasteiger partial charge in [0, 0.05) is 17.2 Å². The van der Waals surface area contributed by atoms with Crippen LogP contribution in [0.15, 0.2) is 17.0 Å². The molecule has 0 saturated carbocycles. The molecule has 0 bridgehead atoms. The van der Waals surface area contributed by atoms with Crippen molar-refractivity contribution in [1.29, 1.82) is 0 Å². The fourth-order valence-electron chi connectivity index (χ4n) is 1.71. The van der Waals surface area contributed by atoms with E-state index >= 15 is 0 Å². The Labute approximate surface area is 112 Å². The van der Waals surface area contributed by atoms with E-state index in [2.05, 4.69) is 0 Å². The minimum atomic E-state index is -0.972. The third kappa shape index (κ3) is 4.30. The van der Waals surface area contributed by atoms with Crippen LogP contribution in [-0.2, 0) is 17.2 Å². The second kappa shape index (κ2) is 6.99. The Bertz CT molecular complexity index is 408. The van der Waals surface area contributed by atoms with Crippen LogP contribution in [-0.4, -0.2) is 23.6 Å². The molecule has 17 heavy (non-hydrogen) atoms. The minimum Gasteiger partial charge on any atom is -0.496 e. The van der Waals surface area contributed by atoms with Crippen LogP contribution in [0.1, 0.15) is 18.1 Å². The number of rotatable bonds is 4. The third-order valence-corrected chi connectivity index (χ3v) is 3.49. The first-order chi connectivity index (χ1) is 7.45. The van der Waals surface area contributed by atoms with Crippen molar-refractivity contribution < 1.29 is 8.95 Å². The van der Waals surface area contributed by atoms with Crippen LogP contribution in [0.4, 0.5) is 0 Å². The molecule has 1 aromatic carbocycles. The second-order valence-corrected chi connectivity index (χ2v) is 5.41. The van der Waals surface area contributed by atoms with E-state index in [1.807, 2.05) is 26.0 Å². The number of aryl methyl sites for hydroxylation is 1. The summed E-state index contributed by atoms with van der Waals surface area (Å²) in [7, 11) is 0.669. The maximum absolute atomic E-state index is 11.5. The molecule has 0 amide bonds. The van der Waals surface area contributed by atoms with E-state index in [-0.39, 0.29) is 18.4 Å². The van der Waals surface area contributed by atoms with Gasteiger partial charge in [0.05, 0.1) is 17.9 Å². The van der Waals surface area contributed by atoms with Crippen LogP contribution in [0, 0.1) is 6.92 Å². The van der Waals surface area contributed by atoms with E-state index in [0.717, 1.165) is 28.2 Å². The molecule has 0 heterocycles. The van der Waals surface area contributed by atoms with E-state index in [4.69, 9.17) is 10.5 Å². The lowest BCUT2D eigenvalue weighted by atomic mass is 10.0. The molecule has 5 heteroatoms. The fourth-order valence-corrected chi connectivity index (χ4v) is 2.53. The maximum atomic E-state index is 11.5. The zero-order valence-corrected chi connectivity index (χ0v) is 12.3. The summed E-state index contributed by atoms with van der Waals surface area (Å²) in [6.07, 6.45) is 2.41. The number of ether oxygens (including phenoxy) is 1. The summed E-state index contributed by atoms with van der Waals surface area (Å²) in [4.78, 5) is 0.858. The number of hydrogen-bond donors (Lipinski definition) is 1. The Morgan fingerprint density at radius 3 is 2.47 bits per heavy atom. The molecule has 0 aromatic heterocycles. The summed E-state index contributed by atoms with van der Waals surface area (Å²) >= 11 is 0. The van der Waals surface area contributed by atoms with Crippen LogP contribution < -0.4 is 10.5 Å². The maximum Gasteiger partial charge on any atom is 0.122 e. The van der Waals surface area contributed by atoms with Gasteiger partial charge in [-0.2, -0.15) is 0 Å². The molecule has 0 aliphatic carbocycles. The van der Waals surface area contributed by atoms with Crippen LogP contribution in [0.2, 0.25) is 0 Å². The highest BCUT2D eigenvalue weighted by Crippen LogP contribution is 2.26. The first kappa shape index (κ1) is 16.4. The number of nitrogens with two attached hydrogens (primary N) is 1. The van der Waals surface area contributed by atoms with Crippen molar-refractivity contribution in [3.05, 3.63) is 23.3 Å². The highest BCUT2D eigenvalue weighted by Gasteiger charge is 2.11. The smallest absolute Gasteiger partial charge is 0.122 e.